The van der Waals surface area contributed by atoms with Gasteiger partial charge in [-0.1, -0.05) is 30.3 Å². The third-order valence-electron chi connectivity index (χ3n) is 3.79. The van der Waals surface area contributed by atoms with Gasteiger partial charge in [-0.15, -0.1) is 0 Å². The van der Waals surface area contributed by atoms with Gasteiger partial charge in [0.2, 0.25) is 0 Å². The highest BCUT2D eigenvalue weighted by Gasteiger charge is 2.37. The van der Waals surface area contributed by atoms with Crippen LogP contribution in [0.1, 0.15) is 31.2 Å². The Labute approximate surface area is 113 Å². The number of nitrogens with zero attached hydrogens (tertiary/aromatic N) is 1. The van der Waals surface area contributed by atoms with Crippen molar-refractivity contribution in [3.8, 4) is 0 Å². The fraction of sp³-hybridized carbons (Fsp3) is 0.600. The molecule has 1 N–H and O–H groups in total. The molecule has 0 amide bonds. The normalized spacial score (nSPS) is 20.9. The molecule has 1 atom stereocenters. The standard InChI is InChI=1S/C15H21F2NO/c16-15(17,13-6-2-1-3-7-13)12-18-10-4-8-14(18)9-5-11-19/h1-3,6-7,14,19H,4-5,8-12H2. The Morgan fingerprint density at radius 1 is 1.26 bits per heavy atom. The highest BCUT2D eigenvalue weighted by Crippen LogP contribution is 2.32. The topological polar surface area (TPSA) is 23.5 Å². The first-order valence-corrected chi connectivity index (χ1v) is 6.92. The number of aliphatic hydroxyl groups is 1. The third kappa shape index (κ3) is 3.74. The molecule has 1 fully saturated rings. The molecule has 106 valence electrons. The molecule has 1 unspecified atom stereocenters. The summed E-state index contributed by atoms with van der Waals surface area (Å²) in [7, 11) is 0. The highest BCUT2D eigenvalue weighted by atomic mass is 19.3. The van der Waals surface area contributed by atoms with Crippen LogP contribution < -0.4 is 0 Å². The van der Waals surface area contributed by atoms with Crippen LogP contribution in [-0.4, -0.2) is 35.7 Å². The van der Waals surface area contributed by atoms with Crippen LogP contribution >= 0.6 is 0 Å². The Bertz CT molecular complexity index is 383. The molecule has 0 bridgehead atoms. The third-order valence-corrected chi connectivity index (χ3v) is 3.79. The van der Waals surface area contributed by atoms with Gasteiger partial charge in [-0.3, -0.25) is 4.90 Å². The number of hydrogen-bond acceptors (Lipinski definition) is 2. The van der Waals surface area contributed by atoms with Crippen LogP contribution in [0, 0.1) is 0 Å². The summed E-state index contributed by atoms with van der Waals surface area (Å²) in [6, 6.07) is 8.21. The number of aliphatic hydroxyl groups excluding tert-OH is 1. The summed E-state index contributed by atoms with van der Waals surface area (Å²) in [5.41, 5.74) is 0.0859. The summed E-state index contributed by atoms with van der Waals surface area (Å²) in [5.74, 6) is -2.80. The average molecular weight is 269 g/mol. The molecule has 4 heteroatoms. The molecule has 1 aliphatic rings. The van der Waals surface area contributed by atoms with Crippen molar-refractivity contribution in [2.75, 3.05) is 19.7 Å². The average Bonchev–Trinajstić information content (AvgIpc) is 2.84. The minimum Gasteiger partial charge on any atom is -0.396 e. The fourth-order valence-corrected chi connectivity index (χ4v) is 2.79. The van der Waals surface area contributed by atoms with Crippen LogP contribution in [0.2, 0.25) is 0 Å². The van der Waals surface area contributed by atoms with Gasteiger partial charge in [0, 0.05) is 18.2 Å². The van der Waals surface area contributed by atoms with Crippen LogP contribution in [0.5, 0.6) is 0 Å². The molecule has 0 radical (unpaired) electrons. The van der Waals surface area contributed by atoms with E-state index in [1.165, 1.54) is 12.1 Å². The summed E-state index contributed by atoms with van der Waals surface area (Å²) in [4.78, 5) is 1.88. The zero-order valence-corrected chi connectivity index (χ0v) is 11.1. The summed E-state index contributed by atoms with van der Waals surface area (Å²) in [6.45, 7) is 0.658. The Hall–Kier alpha value is -1.00. The molecule has 0 aliphatic carbocycles. The van der Waals surface area contributed by atoms with Crippen LogP contribution in [0.15, 0.2) is 30.3 Å². The van der Waals surface area contributed by atoms with Crippen molar-refractivity contribution < 1.29 is 13.9 Å². The number of halogens is 2. The number of rotatable bonds is 6. The van der Waals surface area contributed by atoms with E-state index in [9.17, 15) is 8.78 Å². The van der Waals surface area contributed by atoms with Crippen LogP contribution in [0.3, 0.4) is 0 Å². The zero-order chi connectivity index (χ0) is 13.7. The van der Waals surface area contributed by atoms with Gasteiger partial charge in [0.1, 0.15) is 0 Å². The van der Waals surface area contributed by atoms with Crippen molar-refractivity contribution in [3.63, 3.8) is 0 Å². The molecule has 0 saturated carbocycles. The highest BCUT2D eigenvalue weighted by molar-refractivity contribution is 5.20. The first kappa shape index (κ1) is 14.4. The second kappa shape index (κ2) is 6.44. The van der Waals surface area contributed by atoms with Crippen LogP contribution in [0.25, 0.3) is 0 Å². The van der Waals surface area contributed by atoms with Gasteiger partial charge >= 0.3 is 0 Å². The Morgan fingerprint density at radius 2 is 2.00 bits per heavy atom. The minimum absolute atomic E-state index is 0.0859. The number of hydrogen-bond donors (Lipinski definition) is 1. The van der Waals surface area contributed by atoms with Gasteiger partial charge in [0.25, 0.3) is 5.92 Å². The smallest absolute Gasteiger partial charge is 0.285 e. The molecular weight excluding hydrogens is 248 g/mol. The van der Waals surface area contributed by atoms with Crippen LogP contribution in [0.4, 0.5) is 8.78 Å². The summed E-state index contributed by atoms with van der Waals surface area (Å²) >= 11 is 0. The molecule has 0 spiro atoms. The number of likely N-dealkylation sites (tertiary alicyclic amines) is 1. The summed E-state index contributed by atoms with van der Waals surface area (Å²) in [6.07, 6.45) is 3.44. The van der Waals surface area contributed by atoms with E-state index in [1.54, 1.807) is 18.2 Å². The van der Waals surface area contributed by atoms with E-state index in [-0.39, 0.29) is 24.8 Å². The van der Waals surface area contributed by atoms with Crippen molar-refractivity contribution >= 4 is 0 Å². The number of alkyl halides is 2. The van der Waals surface area contributed by atoms with Crippen molar-refractivity contribution in [2.45, 2.75) is 37.6 Å². The van der Waals surface area contributed by atoms with E-state index < -0.39 is 5.92 Å². The van der Waals surface area contributed by atoms with E-state index in [2.05, 4.69) is 0 Å². The monoisotopic (exact) mass is 269 g/mol. The fourth-order valence-electron chi connectivity index (χ4n) is 2.79. The molecule has 1 saturated heterocycles. The lowest BCUT2D eigenvalue weighted by Gasteiger charge is -2.29. The van der Waals surface area contributed by atoms with Gasteiger partial charge in [-0.2, -0.15) is 8.78 Å². The predicted molar refractivity (Wildman–Crippen MR) is 71.3 cm³/mol. The molecule has 1 aliphatic heterocycles. The van der Waals surface area contributed by atoms with Gasteiger partial charge in [-0.25, -0.2) is 0 Å². The zero-order valence-electron chi connectivity index (χ0n) is 11.1. The van der Waals surface area contributed by atoms with Crippen molar-refractivity contribution in [1.82, 2.24) is 4.90 Å². The Morgan fingerprint density at radius 3 is 2.68 bits per heavy atom. The molecule has 1 aromatic rings. The van der Waals surface area contributed by atoms with E-state index in [0.29, 0.717) is 6.42 Å². The van der Waals surface area contributed by atoms with E-state index in [0.717, 1.165) is 25.8 Å². The first-order chi connectivity index (χ1) is 9.13. The van der Waals surface area contributed by atoms with Gasteiger partial charge in [0.05, 0.1) is 6.54 Å². The summed E-state index contributed by atoms with van der Waals surface area (Å²) in [5, 5.41) is 8.86. The molecule has 0 aromatic heterocycles. The Balaban J connectivity index is 1.99. The second-order valence-corrected chi connectivity index (χ2v) is 5.20. The van der Waals surface area contributed by atoms with E-state index >= 15 is 0 Å². The van der Waals surface area contributed by atoms with Crippen molar-refractivity contribution in [1.29, 1.82) is 0 Å². The molecule has 2 nitrogen and oxygen atoms in total. The van der Waals surface area contributed by atoms with Gasteiger partial charge < -0.3 is 5.11 Å². The maximum absolute atomic E-state index is 14.2. The van der Waals surface area contributed by atoms with E-state index in [4.69, 9.17) is 5.11 Å². The predicted octanol–water partition coefficient (Wildman–Crippen LogP) is 3.02. The van der Waals surface area contributed by atoms with Gasteiger partial charge in [0.15, 0.2) is 0 Å². The second-order valence-electron chi connectivity index (χ2n) is 5.20. The maximum atomic E-state index is 14.2. The molecule has 1 aromatic carbocycles. The number of benzene rings is 1. The van der Waals surface area contributed by atoms with Crippen molar-refractivity contribution in [3.05, 3.63) is 35.9 Å². The maximum Gasteiger partial charge on any atom is 0.285 e. The van der Waals surface area contributed by atoms with Gasteiger partial charge in [-0.05, 0) is 32.2 Å². The Kier molecular flexibility index (Phi) is 4.88. The lowest BCUT2D eigenvalue weighted by Crippen LogP contribution is -2.38. The molecule has 2 rings (SSSR count). The first-order valence-electron chi connectivity index (χ1n) is 6.92. The SMILES string of the molecule is OCCCC1CCCN1CC(F)(F)c1ccccc1. The van der Waals surface area contributed by atoms with E-state index in [1.807, 2.05) is 4.90 Å². The molecule has 19 heavy (non-hydrogen) atoms. The lowest BCUT2D eigenvalue weighted by atomic mass is 10.1. The van der Waals surface area contributed by atoms with Crippen molar-refractivity contribution in [2.24, 2.45) is 0 Å². The van der Waals surface area contributed by atoms with Crippen LogP contribution in [-0.2, 0) is 5.92 Å². The molecular formula is C15H21F2NO. The molecule has 1 heterocycles. The quantitative estimate of drug-likeness (QED) is 0.858. The largest absolute Gasteiger partial charge is 0.396 e. The lowest BCUT2D eigenvalue weighted by molar-refractivity contribution is -0.0418. The summed E-state index contributed by atoms with van der Waals surface area (Å²) < 4.78 is 28.4. The minimum atomic E-state index is -2.80.